The molecule has 0 aliphatic rings. The summed E-state index contributed by atoms with van der Waals surface area (Å²) < 4.78 is 5.55. The minimum absolute atomic E-state index is 0.867. The van der Waals surface area contributed by atoms with Crippen molar-refractivity contribution in [2.45, 2.75) is 13.8 Å². The van der Waals surface area contributed by atoms with Gasteiger partial charge in [-0.2, -0.15) is 0 Å². The molecule has 0 saturated carbocycles. The van der Waals surface area contributed by atoms with Crippen LogP contribution in [0.3, 0.4) is 0 Å². The van der Waals surface area contributed by atoms with Gasteiger partial charge in [-0.05, 0) is 37.6 Å². The van der Waals surface area contributed by atoms with E-state index in [2.05, 4.69) is 12.1 Å². The average molecular weight is 170 g/mol. The molecule has 0 spiro atoms. The molecule has 0 aliphatic heterocycles. The van der Waals surface area contributed by atoms with Crippen molar-refractivity contribution in [2.75, 3.05) is 0 Å². The molecule has 64 valence electrons. The summed E-state index contributed by atoms with van der Waals surface area (Å²) in [6.45, 7) is 4.00. The Labute approximate surface area is 78.0 Å². The predicted octanol–water partition coefficient (Wildman–Crippen LogP) is 3.16. The Bertz CT molecular complexity index is 379. The Morgan fingerprint density at radius 2 is 2.15 bits per heavy atom. The molecule has 0 amide bonds. The highest BCUT2D eigenvalue weighted by molar-refractivity contribution is 5.56. The molecule has 1 heterocycles. The molecule has 0 bridgehead atoms. The Balaban J connectivity index is 2.48. The SMILES string of the molecule is Cc1cc(-c2c#cccc2)oc1C. The van der Waals surface area contributed by atoms with Crippen LogP contribution in [0.5, 0.6) is 0 Å². The second-order valence-electron chi connectivity index (χ2n) is 3.06. The Kier molecular flexibility index (Phi) is 1.83. The molecule has 0 aliphatic carbocycles. The molecule has 0 saturated heterocycles. The topological polar surface area (TPSA) is 13.1 Å². The quantitative estimate of drug-likeness (QED) is 0.640. The molecular weight excluding hydrogens is 160 g/mol. The van der Waals surface area contributed by atoms with Crippen LogP contribution >= 0.6 is 0 Å². The molecule has 1 aromatic heterocycles. The van der Waals surface area contributed by atoms with Crippen LogP contribution in [0.4, 0.5) is 0 Å². The summed E-state index contributed by atoms with van der Waals surface area (Å²) in [5.74, 6) is 1.83. The maximum absolute atomic E-state index is 5.55. The van der Waals surface area contributed by atoms with Gasteiger partial charge in [-0.1, -0.05) is 18.2 Å². The molecule has 1 heteroatoms. The summed E-state index contributed by atoms with van der Waals surface area (Å²) >= 11 is 0. The fourth-order valence-electron chi connectivity index (χ4n) is 1.20. The van der Waals surface area contributed by atoms with Gasteiger partial charge in [-0.15, -0.1) is 0 Å². The van der Waals surface area contributed by atoms with E-state index in [1.807, 2.05) is 38.1 Å². The molecule has 2 aromatic rings. The highest BCUT2D eigenvalue weighted by Crippen LogP contribution is 2.22. The third-order valence-corrected chi connectivity index (χ3v) is 2.08. The van der Waals surface area contributed by atoms with Gasteiger partial charge in [0.2, 0.25) is 0 Å². The van der Waals surface area contributed by atoms with E-state index in [0.29, 0.717) is 0 Å². The van der Waals surface area contributed by atoms with Crippen molar-refractivity contribution >= 4 is 0 Å². The van der Waals surface area contributed by atoms with Gasteiger partial charge in [0.15, 0.2) is 0 Å². The molecule has 0 unspecified atom stereocenters. The Hall–Kier alpha value is -1.68. The van der Waals surface area contributed by atoms with E-state index in [9.17, 15) is 0 Å². The zero-order valence-electron chi connectivity index (χ0n) is 7.72. The monoisotopic (exact) mass is 170 g/mol. The van der Waals surface area contributed by atoms with Crippen molar-refractivity contribution in [1.29, 1.82) is 0 Å². The molecule has 0 N–H and O–H groups in total. The predicted molar refractivity (Wildman–Crippen MR) is 51.3 cm³/mol. The van der Waals surface area contributed by atoms with Crippen LogP contribution in [0, 0.1) is 26.0 Å². The maximum Gasteiger partial charge on any atom is 0.142 e. The van der Waals surface area contributed by atoms with Gasteiger partial charge in [0.05, 0.1) is 5.56 Å². The molecule has 13 heavy (non-hydrogen) atoms. The molecular formula is C12H10O. The first kappa shape index (κ1) is 7.94. The molecule has 0 radical (unpaired) electrons. The zero-order valence-corrected chi connectivity index (χ0v) is 7.72. The smallest absolute Gasteiger partial charge is 0.142 e. The lowest BCUT2D eigenvalue weighted by Crippen LogP contribution is -1.67. The number of aryl methyl sites for hydroxylation is 2. The second kappa shape index (κ2) is 2.99. The fraction of sp³-hybridized carbons (Fsp3) is 0.167. The minimum atomic E-state index is 0.867. The second-order valence-corrected chi connectivity index (χ2v) is 3.06. The molecule has 2 rings (SSSR count). The van der Waals surface area contributed by atoms with E-state index < -0.39 is 0 Å². The van der Waals surface area contributed by atoms with Crippen molar-refractivity contribution < 1.29 is 4.42 Å². The number of rotatable bonds is 1. The Morgan fingerprint density at radius 1 is 1.31 bits per heavy atom. The molecule has 1 aromatic carbocycles. The van der Waals surface area contributed by atoms with Crippen molar-refractivity contribution in [3.63, 3.8) is 0 Å². The van der Waals surface area contributed by atoms with Crippen molar-refractivity contribution in [1.82, 2.24) is 0 Å². The van der Waals surface area contributed by atoms with Crippen LogP contribution in [0.1, 0.15) is 11.3 Å². The van der Waals surface area contributed by atoms with Crippen molar-refractivity contribution in [3.8, 4) is 11.3 Å². The molecule has 0 atom stereocenters. The lowest BCUT2D eigenvalue weighted by Gasteiger charge is -1.89. The van der Waals surface area contributed by atoms with Crippen LogP contribution in [0.2, 0.25) is 0 Å². The van der Waals surface area contributed by atoms with Gasteiger partial charge in [0, 0.05) is 0 Å². The van der Waals surface area contributed by atoms with Crippen LogP contribution in [0.15, 0.2) is 28.7 Å². The molecule has 0 fully saturated rings. The van der Waals surface area contributed by atoms with E-state index in [0.717, 1.165) is 17.1 Å². The van der Waals surface area contributed by atoms with Crippen LogP contribution in [0.25, 0.3) is 11.3 Å². The van der Waals surface area contributed by atoms with Gasteiger partial charge < -0.3 is 4.42 Å². The van der Waals surface area contributed by atoms with Gasteiger partial charge in [0.1, 0.15) is 11.5 Å². The highest BCUT2D eigenvalue weighted by atomic mass is 16.3. The number of furan rings is 1. The van der Waals surface area contributed by atoms with Gasteiger partial charge >= 0.3 is 0 Å². The lowest BCUT2D eigenvalue weighted by molar-refractivity contribution is 0.545. The van der Waals surface area contributed by atoms with Crippen LogP contribution < -0.4 is 0 Å². The largest absolute Gasteiger partial charge is 0.460 e. The van der Waals surface area contributed by atoms with Gasteiger partial charge in [-0.25, -0.2) is 0 Å². The third kappa shape index (κ3) is 1.43. The van der Waals surface area contributed by atoms with Crippen LogP contribution in [-0.4, -0.2) is 0 Å². The first-order valence-electron chi connectivity index (χ1n) is 4.23. The first-order valence-corrected chi connectivity index (χ1v) is 4.23. The minimum Gasteiger partial charge on any atom is -0.460 e. The molecule has 1 nitrogen and oxygen atoms in total. The Morgan fingerprint density at radius 3 is 2.69 bits per heavy atom. The lowest BCUT2D eigenvalue weighted by atomic mass is 10.2. The van der Waals surface area contributed by atoms with E-state index >= 15 is 0 Å². The summed E-state index contributed by atoms with van der Waals surface area (Å²) in [7, 11) is 0. The van der Waals surface area contributed by atoms with E-state index in [1.165, 1.54) is 5.56 Å². The van der Waals surface area contributed by atoms with Crippen molar-refractivity contribution in [2.24, 2.45) is 0 Å². The van der Waals surface area contributed by atoms with E-state index in [4.69, 9.17) is 4.42 Å². The standard InChI is InChI=1S/C12H10O/c1-9-8-12(13-10(9)2)11-6-4-3-5-7-11/h3-4,6,8H,1-2H3. The van der Waals surface area contributed by atoms with Gasteiger partial charge in [0.25, 0.3) is 0 Å². The number of hydrogen-bond acceptors (Lipinski definition) is 1. The van der Waals surface area contributed by atoms with E-state index in [-0.39, 0.29) is 0 Å². The summed E-state index contributed by atoms with van der Waals surface area (Å²) in [5, 5.41) is 0. The summed E-state index contributed by atoms with van der Waals surface area (Å²) in [6, 6.07) is 13.7. The summed E-state index contributed by atoms with van der Waals surface area (Å²) in [6.07, 6.45) is 0. The highest BCUT2D eigenvalue weighted by Gasteiger charge is 2.04. The zero-order chi connectivity index (χ0) is 9.26. The normalized spacial score (nSPS) is 9.69. The van der Waals surface area contributed by atoms with E-state index in [1.54, 1.807) is 0 Å². The third-order valence-electron chi connectivity index (χ3n) is 2.08. The van der Waals surface area contributed by atoms with Gasteiger partial charge in [-0.3, -0.25) is 0 Å². The van der Waals surface area contributed by atoms with Crippen LogP contribution in [-0.2, 0) is 0 Å². The van der Waals surface area contributed by atoms with Crippen molar-refractivity contribution in [3.05, 3.63) is 47.7 Å². The first-order chi connectivity index (χ1) is 6.27. The number of hydrogen-bond donors (Lipinski definition) is 0. The summed E-state index contributed by atoms with van der Waals surface area (Å²) in [4.78, 5) is 0. The average Bonchev–Trinajstić information content (AvgIpc) is 2.49. The summed E-state index contributed by atoms with van der Waals surface area (Å²) in [5.41, 5.74) is 2.13. The maximum atomic E-state index is 5.55. The fourth-order valence-corrected chi connectivity index (χ4v) is 1.20.